The number of nitrogens with zero attached hydrogens (tertiary/aromatic N) is 2. The van der Waals surface area contributed by atoms with Crippen molar-refractivity contribution in [3.05, 3.63) is 58.7 Å². The molecule has 13 heteroatoms. The third-order valence-corrected chi connectivity index (χ3v) is 13.4. The highest BCUT2D eigenvalue weighted by molar-refractivity contribution is 5.78. The van der Waals surface area contributed by atoms with Crippen LogP contribution >= 0.6 is 0 Å². The summed E-state index contributed by atoms with van der Waals surface area (Å²) in [6, 6.07) is 10.6. The van der Waals surface area contributed by atoms with Crippen molar-refractivity contribution in [2.45, 2.75) is 127 Å². The van der Waals surface area contributed by atoms with E-state index in [-0.39, 0.29) is 30.8 Å². The van der Waals surface area contributed by atoms with Crippen LogP contribution in [0.15, 0.2) is 36.4 Å². The SMILES string of the molecule is COCCCNC1CC(C)NC(Nc2cc3c(c(C4=CCN(C)CCC4)c2)OC(C2Cc4cc(NC5CC(NCCOC)CC(C)N5)cc(C5=CCN(C)CCC5)c4O2)C3)N1. The minimum Gasteiger partial charge on any atom is -0.485 e. The van der Waals surface area contributed by atoms with Crippen LogP contribution in [0.25, 0.3) is 11.1 Å². The van der Waals surface area contributed by atoms with Crippen LogP contribution in [0.4, 0.5) is 11.4 Å². The summed E-state index contributed by atoms with van der Waals surface area (Å²) in [5, 5.41) is 26.5. The fraction of sp³-hybridized carbons (Fsp3) is 0.667. The second kappa shape index (κ2) is 21.0. The third kappa shape index (κ3) is 11.5. The first kappa shape index (κ1) is 44.4. The number of rotatable bonds is 16. The van der Waals surface area contributed by atoms with Crippen molar-refractivity contribution < 1.29 is 18.9 Å². The highest BCUT2D eigenvalue weighted by Crippen LogP contribution is 2.46. The summed E-state index contributed by atoms with van der Waals surface area (Å²) in [7, 11) is 7.97. The van der Waals surface area contributed by atoms with Crippen molar-refractivity contribution in [2.24, 2.45) is 0 Å². The maximum atomic E-state index is 7.13. The van der Waals surface area contributed by atoms with Crippen molar-refractivity contribution >= 4 is 22.5 Å². The number of allylic oxidation sites excluding steroid dienone is 2. The third-order valence-electron chi connectivity index (χ3n) is 13.4. The summed E-state index contributed by atoms with van der Waals surface area (Å²) < 4.78 is 24.9. The van der Waals surface area contributed by atoms with Crippen LogP contribution in [-0.2, 0) is 22.3 Å². The maximum absolute atomic E-state index is 7.13. The van der Waals surface area contributed by atoms with Crippen LogP contribution in [0.1, 0.15) is 87.5 Å². The number of anilines is 2. The molecule has 0 saturated carbocycles. The number of likely N-dealkylation sites (N-methyl/N-ethyl adjacent to an activating group) is 2. The van der Waals surface area contributed by atoms with E-state index in [1.807, 2.05) is 0 Å². The molecule has 0 amide bonds. The molecule has 13 nitrogen and oxygen atoms in total. The second-order valence-corrected chi connectivity index (χ2v) is 18.7. The molecule has 0 spiro atoms. The average molecular weight is 842 g/mol. The Kier molecular flexibility index (Phi) is 15.2. The molecule has 0 aliphatic carbocycles. The lowest BCUT2D eigenvalue weighted by Crippen LogP contribution is -2.64. The predicted octanol–water partition coefficient (Wildman–Crippen LogP) is 4.95. The van der Waals surface area contributed by atoms with Crippen LogP contribution in [0, 0.1) is 0 Å². The van der Waals surface area contributed by atoms with Crippen molar-refractivity contribution in [2.75, 3.05) is 91.4 Å². The molecule has 7 N–H and O–H groups in total. The summed E-state index contributed by atoms with van der Waals surface area (Å²) in [5.74, 6) is 2.07. The van der Waals surface area contributed by atoms with Crippen LogP contribution in [-0.4, -0.2) is 140 Å². The Morgan fingerprint density at radius 1 is 0.672 bits per heavy atom. The highest BCUT2D eigenvalue weighted by Gasteiger charge is 2.40. The number of methoxy groups -OCH3 is 2. The van der Waals surface area contributed by atoms with Gasteiger partial charge in [-0.15, -0.1) is 0 Å². The van der Waals surface area contributed by atoms with Gasteiger partial charge in [0.1, 0.15) is 30.0 Å². The Morgan fingerprint density at radius 3 is 1.90 bits per heavy atom. The van der Waals surface area contributed by atoms with E-state index in [2.05, 4.69) is 111 Å². The quantitative estimate of drug-likeness (QED) is 0.116. The van der Waals surface area contributed by atoms with E-state index in [1.54, 1.807) is 14.2 Å². The Morgan fingerprint density at radius 2 is 1.28 bits per heavy atom. The summed E-state index contributed by atoms with van der Waals surface area (Å²) in [4.78, 5) is 4.82. The molecule has 2 saturated heterocycles. The first-order chi connectivity index (χ1) is 29.7. The van der Waals surface area contributed by atoms with Gasteiger partial charge >= 0.3 is 0 Å². The number of piperidine rings is 1. The van der Waals surface area contributed by atoms with Gasteiger partial charge in [0.15, 0.2) is 0 Å². The van der Waals surface area contributed by atoms with Crippen LogP contribution in [0.5, 0.6) is 11.5 Å². The Bertz CT molecular complexity index is 1840. The monoisotopic (exact) mass is 842 g/mol. The van der Waals surface area contributed by atoms with Crippen LogP contribution in [0.3, 0.4) is 0 Å². The molecule has 6 aliphatic heterocycles. The van der Waals surface area contributed by atoms with Crippen molar-refractivity contribution in [1.29, 1.82) is 0 Å². The topological polar surface area (TPSA) is 128 Å². The lowest BCUT2D eigenvalue weighted by Gasteiger charge is -2.37. The van der Waals surface area contributed by atoms with Crippen molar-refractivity contribution in [3.8, 4) is 11.5 Å². The van der Waals surface area contributed by atoms with E-state index in [0.717, 1.165) is 140 Å². The number of hydrogen-bond donors (Lipinski definition) is 7. The van der Waals surface area contributed by atoms with E-state index in [4.69, 9.17) is 18.9 Å². The molecule has 6 heterocycles. The molecule has 8 rings (SSSR count). The molecule has 0 radical (unpaired) electrons. The lowest BCUT2D eigenvalue weighted by molar-refractivity contribution is 0.0842. The largest absolute Gasteiger partial charge is 0.485 e. The van der Waals surface area contributed by atoms with E-state index >= 15 is 0 Å². The molecule has 336 valence electrons. The number of hydrogen-bond acceptors (Lipinski definition) is 13. The first-order valence-electron chi connectivity index (χ1n) is 23.4. The first-order valence-corrected chi connectivity index (χ1v) is 23.4. The summed E-state index contributed by atoms with van der Waals surface area (Å²) in [6.07, 6.45) is 15.1. The predicted molar refractivity (Wildman–Crippen MR) is 247 cm³/mol. The standard InChI is InChI=1S/C48H75N9O4/c1-31-22-37(49-15-21-59-6)30-45(51-31)53-38-24-35-26-42(60-46(35)40(28-38)33-10-7-16-56(3)18-12-33)43-27-36-25-39(29-41(47(36)61-43)34-11-8-17-57(4)19-13-34)54-48-52-32(2)23-44(55-48)50-14-9-20-58-5/h12-13,24-25,28-29,31-32,37,42-45,48-55H,7-11,14-23,26-27,30H2,1-6H3. The number of nitrogens with one attached hydrogen (secondary N) is 7. The zero-order valence-corrected chi connectivity index (χ0v) is 37.8. The van der Waals surface area contributed by atoms with Gasteiger partial charge in [0.05, 0.1) is 18.9 Å². The Balaban J connectivity index is 1.03. The molecule has 2 aromatic rings. The summed E-state index contributed by atoms with van der Waals surface area (Å²) in [6.45, 7) is 11.9. The van der Waals surface area contributed by atoms with Crippen molar-refractivity contribution in [1.82, 2.24) is 36.4 Å². The molecule has 2 aromatic carbocycles. The second-order valence-electron chi connectivity index (χ2n) is 18.7. The fourth-order valence-corrected chi connectivity index (χ4v) is 10.4. The number of benzene rings is 2. The molecule has 8 unspecified atom stereocenters. The van der Waals surface area contributed by atoms with E-state index in [0.29, 0.717) is 18.1 Å². The van der Waals surface area contributed by atoms with Crippen LogP contribution < -0.4 is 46.7 Å². The normalized spacial score (nSPS) is 29.7. The molecule has 61 heavy (non-hydrogen) atoms. The molecule has 0 aromatic heterocycles. The van der Waals surface area contributed by atoms with E-state index in [9.17, 15) is 0 Å². The van der Waals surface area contributed by atoms with Gasteiger partial charge in [-0.3, -0.25) is 16.0 Å². The van der Waals surface area contributed by atoms with Gasteiger partial charge in [0, 0.05) is 105 Å². The zero-order chi connectivity index (χ0) is 42.3. The minimum absolute atomic E-state index is 0.0706. The van der Waals surface area contributed by atoms with Gasteiger partial charge in [-0.2, -0.15) is 0 Å². The number of ether oxygens (including phenoxy) is 4. The van der Waals surface area contributed by atoms with Gasteiger partial charge in [0.2, 0.25) is 0 Å². The molecule has 8 atom stereocenters. The summed E-state index contributed by atoms with van der Waals surface area (Å²) >= 11 is 0. The molecular weight excluding hydrogens is 767 g/mol. The van der Waals surface area contributed by atoms with E-state index in [1.165, 1.54) is 33.4 Å². The summed E-state index contributed by atoms with van der Waals surface area (Å²) in [5.41, 5.74) is 10.0. The van der Waals surface area contributed by atoms with Gasteiger partial charge in [-0.05, 0) is 134 Å². The average Bonchev–Trinajstić information content (AvgIpc) is 3.71. The van der Waals surface area contributed by atoms with Crippen molar-refractivity contribution in [3.63, 3.8) is 0 Å². The molecule has 0 bridgehead atoms. The maximum Gasteiger partial charge on any atom is 0.140 e. The van der Waals surface area contributed by atoms with Gasteiger partial charge in [-0.25, -0.2) is 0 Å². The Hall–Kier alpha value is -3.24. The molecular formula is C48H75N9O4. The van der Waals surface area contributed by atoms with Gasteiger partial charge in [0.25, 0.3) is 0 Å². The lowest BCUT2D eigenvalue weighted by atomic mass is 9.94. The van der Waals surface area contributed by atoms with Gasteiger partial charge < -0.3 is 50.0 Å². The Labute approximate surface area is 365 Å². The minimum atomic E-state index is -0.0876. The van der Waals surface area contributed by atoms with E-state index < -0.39 is 0 Å². The number of fused-ring (bicyclic) bond motifs is 2. The highest BCUT2D eigenvalue weighted by atomic mass is 16.5. The molecule has 6 aliphatic rings. The molecule has 2 fully saturated rings. The van der Waals surface area contributed by atoms with Crippen LogP contribution in [0.2, 0.25) is 0 Å². The zero-order valence-electron chi connectivity index (χ0n) is 37.8. The smallest absolute Gasteiger partial charge is 0.140 e. The fourth-order valence-electron chi connectivity index (χ4n) is 10.4. The van der Waals surface area contributed by atoms with Gasteiger partial charge in [-0.1, -0.05) is 12.2 Å².